The van der Waals surface area contributed by atoms with E-state index in [1.807, 2.05) is 0 Å². The van der Waals surface area contributed by atoms with Gasteiger partial charge >= 0.3 is 0 Å². The highest BCUT2D eigenvalue weighted by molar-refractivity contribution is 6.90. The zero-order valence-electron chi connectivity index (χ0n) is 17.5. The van der Waals surface area contributed by atoms with Crippen LogP contribution in [0.2, 0.25) is 12.1 Å². The van der Waals surface area contributed by atoms with Gasteiger partial charge in [-0.2, -0.15) is 0 Å². The van der Waals surface area contributed by atoms with Crippen LogP contribution < -0.4 is 10.2 Å². The predicted octanol–water partition coefficient (Wildman–Crippen LogP) is 4.45. The molecule has 1 saturated carbocycles. The first-order valence-electron chi connectivity index (χ1n) is 10.8. The van der Waals surface area contributed by atoms with E-state index in [1.54, 1.807) is 5.19 Å². The van der Waals surface area contributed by atoms with Crippen molar-refractivity contribution < 1.29 is 0 Å². The Kier molecular flexibility index (Phi) is 5.21. The Labute approximate surface area is 166 Å². The van der Waals surface area contributed by atoms with Crippen molar-refractivity contribution in [1.29, 1.82) is 0 Å². The summed E-state index contributed by atoms with van der Waals surface area (Å²) in [6, 6.07) is 12.1. The third-order valence-corrected chi connectivity index (χ3v) is 11.9. The van der Waals surface area contributed by atoms with Gasteiger partial charge in [0.25, 0.3) is 0 Å². The van der Waals surface area contributed by atoms with Gasteiger partial charge in [0.2, 0.25) is 0 Å². The number of rotatable bonds is 4. The van der Waals surface area contributed by atoms with Crippen LogP contribution in [0.25, 0.3) is 0 Å². The molecule has 5 unspecified atom stereocenters. The maximum absolute atomic E-state index is 4.20. The smallest absolute Gasteiger partial charge is 0.158 e. The summed E-state index contributed by atoms with van der Waals surface area (Å²) in [4.78, 5) is 7.00. The average molecular weight is 381 g/mol. The highest BCUT2D eigenvalue weighted by atomic mass is 28.3. The first-order chi connectivity index (χ1) is 12.9. The first kappa shape index (κ1) is 19.2. The maximum Gasteiger partial charge on any atom is 0.158 e. The molecular weight excluding hydrogens is 344 g/mol. The fourth-order valence-corrected chi connectivity index (χ4v) is 11.0. The van der Waals surface area contributed by atoms with E-state index in [-0.39, 0.29) is 5.54 Å². The molecule has 1 aromatic rings. The monoisotopic (exact) mass is 380 g/mol. The zero-order valence-corrected chi connectivity index (χ0v) is 18.5. The fourth-order valence-electron chi connectivity index (χ4n) is 6.03. The van der Waals surface area contributed by atoms with Crippen LogP contribution in [0.15, 0.2) is 54.6 Å². The Morgan fingerprint density at radius 1 is 0.963 bits per heavy atom. The van der Waals surface area contributed by atoms with E-state index < -0.39 is 8.24 Å². The standard InChI is InChI=1S/C24H36N2Si/c1-24(2,3)25-27(4,19-12-6-5-7-13-19)23-18-22(26-16-10-11-17-26)20-14-8-9-15-21(20)23/h5-9,12-15,20-23,25H,10-11,16-18H2,1-4H3. The minimum Gasteiger partial charge on any atom is -0.329 e. The highest BCUT2D eigenvalue weighted by Gasteiger charge is 2.53. The Morgan fingerprint density at radius 3 is 2.22 bits per heavy atom. The van der Waals surface area contributed by atoms with Crippen LogP contribution in [-0.2, 0) is 0 Å². The molecule has 0 radical (unpaired) electrons. The molecule has 27 heavy (non-hydrogen) atoms. The maximum atomic E-state index is 4.20. The number of nitrogens with zero attached hydrogens (tertiary/aromatic N) is 1. The second kappa shape index (κ2) is 7.34. The Bertz CT molecular complexity index is 699. The van der Waals surface area contributed by atoms with E-state index in [4.69, 9.17) is 0 Å². The Morgan fingerprint density at radius 2 is 1.59 bits per heavy atom. The lowest BCUT2D eigenvalue weighted by molar-refractivity contribution is 0.210. The van der Waals surface area contributed by atoms with E-state index in [1.165, 1.54) is 32.4 Å². The minimum absolute atomic E-state index is 0.131. The van der Waals surface area contributed by atoms with E-state index in [9.17, 15) is 0 Å². The van der Waals surface area contributed by atoms with Crippen molar-refractivity contribution >= 4 is 13.4 Å². The number of likely N-dealkylation sites (tertiary alicyclic amines) is 1. The molecule has 2 fully saturated rings. The van der Waals surface area contributed by atoms with Crippen molar-refractivity contribution in [3.05, 3.63) is 54.6 Å². The molecule has 146 valence electrons. The summed E-state index contributed by atoms with van der Waals surface area (Å²) in [5, 5.41) is 1.56. The fraction of sp³-hybridized carbons (Fsp3) is 0.583. The van der Waals surface area contributed by atoms with Crippen LogP contribution in [0.1, 0.15) is 40.0 Å². The summed E-state index contributed by atoms with van der Waals surface area (Å²) in [6.07, 6.45) is 13.7. The molecule has 3 heteroatoms. The number of nitrogens with one attached hydrogen (secondary N) is 1. The molecule has 0 bridgehead atoms. The van der Waals surface area contributed by atoms with Gasteiger partial charge in [0, 0.05) is 11.6 Å². The SMILES string of the molecule is CC(C)(C)N[Si](C)(c1ccccc1)C1CC(N2CCCC2)C2C=CC=CC21. The molecular formula is C24H36N2Si. The van der Waals surface area contributed by atoms with E-state index in [2.05, 4.69) is 91.8 Å². The van der Waals surface area contributed by atoms with Gasteiger partial charge in [-0.15, -0.1) is 0 Å². The minimum atomic E-state index is -1.89. The van der Waals surface area contributed by atoms with Crippen LogP contribution in [0, 0.1) is 11.8 Å². The van der Waals surface area contributed by atoms with Crippen molar-refractivity contribution in [2.24, 2.45) is 11.8 Å². The number of hydrogen-bond acceptors (Lipinski definition) is 2. The van der Waals surface area contributed by atoms with Crippen molar-refractivity contribution in [2.45, 2.75) is 63.7 Å². The van der Waals surface area contributed by atoms with Gasteiger partial charge in [0.1, 0.15) is 0 Å². The zero-order chi connectivity index (χ0) is 19.1. The lowest BCUT2D eigenvalue weighted by atomic mass is 9.89. The number of hydrogen-bond donors (Lipinski definition) is 1. The molecule has 1 N–H and O–H groups in total. The molecule has 1 aliphatic heterocycles. The van der Waals surface area contributed by atoms with Crippen LogP contribution >= 0.6 is 0 Å². The highest BCUT2D eigenvalue weighted by Crippen LogP contribution is 2.51. The molecule has 4 rings (SSSR count). The summed E-state index contributed by atoms with van der Waals surface area (Å²) >= 11 is 0. The van der Waals surface area contributed by atoms with Crippen LogP contribution in [0.5, 0.6) is 0 Å². The molecule has 2 aliphatic carbocycles. The van der Waals surface area contributed by atoms with Gasteiger partial charge in [0.05, 0.1) is 0 Å². The van der Waals surface area contributed by atoms with E-state index in [0.717, 1.165) is 11.6 Å². The second-order valence-electron chi connectivity index (χ2n) is 10.0. The third-order valence-electron chi connectivity index (χ3n) is 6.99. The lowest BCUT2D eigenvalue weighted by Gasteiger charge is -2.43. The molecule has 0 spiro atoms. The van der Waals surface area contributed by atoms with Gasteiger partial charge in [-0.3, -0.25) is 4.90 Å². The van der Waals surface area contributed by atoms with Crippen LogP contribution in [0.4, 0.5) is 0 Å². The third kappa shape index (κ3) is 3.74. The van der Waals surface area contributed by atoms with Crippen LogP contribution in [0.3, 0.4) is 0 Å². The summed E-state index contributed by atoms with van der Waals surface area (Å²) in [5.74, 6) is 1.36. The quantitative estimate of drug-likeness (QED) is 0.776. The van der Waals surface area contributed by atoms with Crippen molar-refractivity contribution in [1.82, 2.24) is 9.88 Å². The van der Waals surface area contributed by atoms with Gasteiger partial charge < -0.3 is 4.98 Å². The normalized spacial score (nSPS) is 33.2. The molecule has 5 atom stereocenters. The summed E-state index contributed by atoms with van der Waals surface area (Å²) < 4.78 is 0. The van der Waals surface area contributed by atoms with Gasteiger partial charge in [-0.05, 0) is 75.7 Å². The van der Waals surface area contributed by atoms with Crippen molar-refractivity contribution in [3.8, 4) is 0 Å². The molecule has 1 aromatic carbocycles. The summed E-state index contributed by atoms with van der Waals surface area (Å²) in [5.41, 5.74) is 0.864. The molecule has 0 amide bonds. The lowest BCUT2D eigenvalue weighted by Crippen LogP contribution is -2.67. The number of benzene rings is 1. The summed E-state index contributed by atoms with van der Waals surface area (Å²) in [7, 11) is -1.89. The Balaban J connectivity index is 1.72. The number of allylic oxidation sites excluding steroid dienone is 3. The van der Waals surface area contributed by atoms with Gasteiger partial charge in [-0.1, -0.05) is 61.2 Å². The predicted molar refractivity (Wildman–Crippen MR) is 119 cm³/mol. The molecule has 1 heterocycles. The van der Waals surface area contributed by atoms with Crippen molar-refractivity contribution in [3.63, 3.8) is 0 Å². The number of fused-ring (bicyclic) bond motifs is 1. The Hall–Kier alpha value is -1.16. The van der Waals surface area contributed by atoms with Crippen molar-refractivity contribution in [2.75, 3.05) is 13.1 Å². The second-order valence-corrected chi connectivity index (χ2v) is 14.0. The largest absolute Gasteiger partial charge is 0.329 e. The first-order valence-corrected chi connectivity index (χ1v) is 13.4. The van der Waals surface area contributed by atoms with Gasteiger partial charge in [0.15, 0.2) is 8.24 Å². The van der Waals surface area contributed by atoms with E-state index in [0.29, 0.717) is 11.8 Å². The van der Waals surface area contributed by atoms with Crippen LogP contribution in [-0.4, -0.2) is 37.8 Å². The molecule has 1 saturated heterocycles. The molecule has 3 aliphatic rings. The average Bonchev–Trinajstić information content (AvgIpc) is 3.29. The summed E-state index contributed by atoms with van der Waals surface area (Å²) in [6.45, 7) is 12.2. The molecule has 2 nitrogen and oxygen atoms in total. The molecule has 0 aromatic heterocycles. The van der Waals surface area contributed by atoms with Gasteiger partial charge in [-0.25, -0.2) is 0 Å². The van der Waals surface area contributed by atoms with E-state index >= 15 is 0 Å². The topological polar surface area (TPSA) is 15.3 Å².